The molecule has 2 aromatic rings. The molecule has 0 aliphatic carbocycles. The molecule has 0 aliphatic rings. The van der Waals surface area contributed by atoms with Crippen LogP contribution in [0.1, 0.15) is 38.3 Å². The molecule has 0 radical (unpaired) electrons. The highest BCUT2D eigenvalue weighted by atomic mass is 16.5. The predicted molar refractivity (Wildman–Crippen MR) is 79.0 cm³/mol. The molecule has 0 amide bonds. The number of para-hydroxylation sites is 1. The Morgan fingerprint density at radius 3 is 2.74 bits per heavy atom. The van der Waals surface area contributed by atoms with Crippen molar-refractivity contribution in [3.63, 3.8) is 0 Å². The first kappa shape index (κ1) is 14.0. The molecular weight excluding hydrogens is 236 g/mol. The second kappa shape index (κ2) is 6.64. The standard InChI is InChI=1S/C16H22N2O/c1-3-7-14(19-4-2)15(17)13-10-5-8-12-9-6-11-18-16(12)13/h5-6,8-11,14-15H,3-4,7,17H2,1-2H3. The van der Waals surface area contributed by atoms with E-state index in [1.165, 1.54) is 0 Å². The van der Waals surface area contributed by atoms with E-state index in [0.717, 1.165) is 29.3 Å². The monoisotopic (exact) mass is 258 g/mol. The molecule has 0 saturated heterocycles. The topological polar surface area (TPSA) is 48.1 Å². The molecule has 1 aromatic heterocycles. The lowest BCUT2D eigenvalue weighted by Gasteiger charge is -2.24. The third-order valence-corrected chi connectivity index (χ3v) is 3.38. The van der Waals surface area contributed by atoms with E-state index >= 15 is 0 Å². The Morgan fingerprint density at radius 1 is 1.21 bits per heavy atom. The molecule has 19 heavy (non-hydrogen) atoms. The Balaban J connectivity index is 2.36. The predicted octanol–water partition coefficient (Wildman–Crippen LogP) is 3.44. The average Bonchev–Trinajstić information content (AvgIpc) is 2.46. The first-order valence-corrected chi connectivity index (χ1v) is 6.98. The first-order valence-electron chi connectivity index (χ1n) is 6.98. The molecule has 0 bridgehead atoms. The van der Waals surface area contributed by atoms with Gasteiger partial charge in [0.05, 0.1) is 17.7 Å². The Morgan fingerprint density at radius 2 is 2.00 bits per heavy atom. The minimum atomic E-state index is -0.126. The molecule has 3 heteroatoms. The van der Waals surface area contributed by atoms with Gasteiger partial charge < -0.3 is 10.5 Å². The average molecular weight is 258 g/mol. The molecule has 1 heterocycles. The van der Waals surface area contributed by atoms with Gasteiger partial charge in [-0.2, -0.15) is 0 Å². The molecule has 2 rings (SSSR count). The summed E-state index contributed by atoms with van der Waals surface area (Å²) >= 11 is 0. The zero-order chi connectivity index (χ0) is 13.7. The summed E-state index contributed by atoms with van der Waals surface area (Å²) in [7, 11) is 0. The fraction of sp³-hybridized carbons (Fsp3) is 0.438. The van der Waals surface area contributed by atoms with Crippen LogP contribution in [-0.2, 0) is 4.74 Å². The molecule has 102 valence electrons. The molecule has 0 fully saturated rings. The third-order valence-electron chi connectivity index (χ3n) is 3.38. The Kier molecular flexibility index (Phi) is 4.88. The third kappa shape index (κ3) is 3.11. The van der Waals surface area contributed by atoms with Gasteiger partial charge in [0.25, 0.3) is 0 Å². The number of pyridine rings is 1. The van der Waals surface area contributed by atoms with Crippen LogP contribution in [-0.4, -0.2) is 17.7 Å². The lowest BCUT2D eigenvalue weighted by molar-refractivity contribution is 0.0377. The van der Waals surface area contributed by atoms with Gasteiger partial charge in [0, 0.05) is 18.2 Å². The maximum Gasteiger partial charge on any atom is 0.0768 e. The molecule has 2 atom stereocenters. The van der Waals surface area contributed by atoms with Gasteiger partial charge in [0.2, 0.25) is 0 Å². The quantitative estimate of drug-likeness (QED) is 0.863. The summed E-state index contributed by atoms with van der Waals surface area (Å²) in [5.41, 5.74) is 8.47. The summed E-state index contributed by atoms with van der Waals surface area (Å²) in [4.78, 5) is 4.47. The fourth-order valence-corrected chi connectivity index (χ4v) is 2.46. The fourth-order valence-electron chi connectivity index (χ4n) is 2.46. The molecule has 0 saturated carbocycles. The molecular formula is C16H22N2O. The maximum atomic E-state index is 6.41. The van der Waals surface area contributed by atoms with E-state index < -0.39 is 0 Å². The molecule has 0 aliphatic heterocycles. The molecule has 0 spiro atoms. The van der Waals surface area contributed by atoms with Crippen molar-refractivity contribution in [3.05, 3.63) is 42.1 Å². The number of hydrogen-bond acceptors (Lipinski definition) is 3. The lowest BCUT2D eigenvalue weighted by Crippen LogP contribution is -2.29. The lowest BCUT2D eigenvalue weighted by atomic mass is 9.96. The second-order valence-electron chi connectivity index (χ2n) is 4.73. The molecule has 3 nitrogen and oxygen atoms in total. The summed E-state index contributed by atoms with van der Waals surface area (Å²) in [6.45, 7) is 4.85. The first-order chi connectivity index (χ1) is 9.27. The van der Waals surface area contributed by atoms with Crippen LogP contribution in [0.5, 0.6) is 0 Å². The number of rotatable bonds is 6. The number of benzene rings is 1. The van der Waals surface area contributed by atoms with Crippen molar-refractivity contribution in [3.8, 4) is 0 Å². The van der Waals surface area contributed by atoms with Gasteiger partial charge in [0.15, 0.2) is 0 Å². The number of aromatic nitrogens is 1. The van der Waals surface area contributed by atoms with Gasteiger partial charge in [-0.25, -0.2) is 0 Å². The molecule has 1 aromatic carbocycles. The van der Waals surface area contributed by atoms with Gasteiger partial charge in [-0.05, 0) is 25.0 Å². The summed E-state index contributed by atoms with van der Waals surface area (Å²) in [6.07, 6.45) is 3.91. The number of ether oxygens (including phenoxy) is 1. The van der Waals surface area contributed by atoms with Crippen LogP contribution in [0.15, 0.2) is 36.5 Å². The van der Waals surface area contributed by atoms with Gasteiger partial charge >= 0.3 is 0 Å². The van der Waals surface area contributed by atoms with E-state index in [1.54, 1.807) is 0 Å². The van der Waals surface area contributed by atoms with Crippen molar-refractivity contribution in [2.24, 2.45) is 5.73 Å². The zero-order valence-electron chi connectivity index (χ0n) is 11.7. The van der Waals surface area contributed by atoms with E-state index in [9.17, 15) is 0 Å². The van der Waals surface area contributed by atoms with Crippen molar-refractivity contribution in [1.82, 2.24) is 4.98 Å². The van der Waals surface area contributed by atoms with E-state index in [-0.39, 0.29) is 12.1 Å². The van der Waals surface area contributed by atoms with Crippen LogP contribution in [0.4, 0.5) is 0 Å². The normalized spacial score (nSPS) is 14.5. The zero-order valence-corrected chi connectivity index (χ0v) is 11.7. The number of fused-ring (bicyclic) bond motifs is 1. The van der Waals surface area contributed by atoms with Crippen LogP contribution < -0.4 is 5.73 Å². The summed E-state index contributed by atoms with van der Waals surface area (Å²) in [6, 6.07) is 10.0. The van der Waals surface area contributed by atoms with Crippen molar-refractivity contribution in [2.45, 2.75) is 38.8 Å². The van der Waals surface area contributed by atoms with Crippen molar-refractivity contribution in [1.29, 1.82) is 0 Å². The highest BCUT2D eigenvalue weighted by Crippen LogP contribution is 2.26. The van der Waals surface area contributed by atoms with Gasteiger partial charge in [0.1, 0.15) is 0 Å². The van der Waals surface area contributed by atoms with Crippen molar-refractivity contribution >= 4 is 10.9 Å². The van der Waals surface area contributed by atoms with Gasteiger partial charge in [-0.15, -0.1) is 0 Å². The van der Waals surface area contributed by atoms with E-state index in [2.05, 4.69) is 30.1 Å². The van der Waals surface area contributed by atoms with Crippen molar-refractivity contribution < 1.29 is 4.74 Å². The minimum absolute atomic E-state index is 0.0580. The minimum Gasteiger partial charge on any atom is -0.377 e. The molecule has 2 unspecified atom stereocenters. The van der Waals surface area contributed by atoms with Gasteiger partial charge in [-0.3, -0.25) is 4.98 Å². The van der Waals surface area contributed by atoms with Gasteiger partial charge in [-0.1, -0.05) is 37.6 Å². The van der Waals surface area contributed by atoms with Crippen LogP contribution in [0.25, 0.3) is 10.9 Å². The van der Waals surface area contributed by atoms with Crippen LogP contribution in [0.2, 0.25) is 0 Å². The summed E-state index contributed by atoms with van der Waals surface area (Å²) in [5.74, 6) is 0. The SMILES string of the molecule is CCCC(OCC)C(N)c1cccc2cccnc12. The number of hydrogen-bond donors (Lipinski definition) is 1. The number of nitrogens with two attached hydrogens (primary N) is 1. The summed E-state index contributed by atoms with van der Waals surface area (Å²) < 4.78 is 5.79. The van der Waals surface area contributed by atoms with Crippen LogP contribution in [0, 0.1) is 0 Å². The number of nitrogens with zero attached hydrogens (tertiary/aromatic N) is 1. The second-order valence-corrected chi connectivity index (χ2v) is 4.73. The Labute approximate surface area is 114 Å². The Bertz CT molecular complexity index is 516. The Hall–Kier alpha value is -1.45. The van der Waals surface area contributed by atoms with E-state index in [4.69, 9.17) is 10.5 Å². The molecule has 2 N–H and O–H groups in total. The van der Waals surface area contributed by atoms with E-state index in [0.29, 0.717) is 6.61 Å². The largest absolute Gasteiger partial charge is 0.377 e. The highest BCUT2D eigenvalue weighted by molar-refractivity contribution is 5.82. The van der Waals surface area contributed by atoms with Crippen LogP contribution in [0.3, 0.4) is 0 Å². The summed E-state index contributed by atoms with van der Waals surface area (Å²) in [5, 5.41) is 1.13. The van der Waals surface area contributed by atoms with E-state index in [1.807, 2.05) is 25.3 Å². The highest BCUT2D eigenvalue weighted by Gasteiger charge is 2.21. The smallest absolute Gasteiger partial charge is 0.0768 e. The van der Waals surface area contributed by atoms with Crippen molar-refractivity contribution in [2.75, 3.05) is 6.61 Å². The van der Waals surface area contributed by atoms with Crippen LogP contribution >= 0.6 is 0 Å². The maximum absolute atomic E-state index is 6.41.